The third-order valence-corrected chi connectivity index (χ3v) is 3.69. The van der Waals surface area contributed by atoms with Crippen LogP contribution in [-0.4, -0.2) is 37.5 Å². The minimum absolute atomic E-state index is 0.364. The maximum absolute atomic E-state index is 9.24. The highest BCUT2D eigenvalue weighted by molar-refractivity contribution is 5.06. The molecule has 0 aromatic carbocycles. The SMILES string of the molecule is CC(C#N)(CCCOC1CCOCC1)NC1CC1. The monoisotopic (exact) mass is 252 g/mol. The molecule has 1 aliphatic heterocycles. The highest BCUT2D eigenvalue weighted by Crippen LogP contribution is 2.24. The van der Waals surface area contributed by atoms with Crippen LogP contribution in [0.1, 0.15) is 45.4 Å². The lowest BCUT2D eigenvalue weighted by molar-refractivity contribution is -0.0333. The van der Waals surface area contributed by atoms with Crippen LogP contribution in [0.15, 0.2) is 0 Å². The molecule has 0 aromatic heterocycles. The molecule has 2 rings (SSSR count). The summed E-state index contributed by atoms with van der Waals surface area (Å²) < 4.78 is 11.1. The molecule has 1 N–H and O–H groups in total. The van der Waals surface area contributed by atoms with Crippen LogP contribution >= 0.6 is 0 Å². The zero-order valence-electron chi connectivity index (χ0n) is 11.3. The molecule has 1 aliphatic carbocycles. The lowest BCUT2D eigenvalue weighted by Crippen LogP contribution is -2.42. The van der Waals surface area contributed by atoms with Crippen LogP contribution < -0.4 is 5.32 Å². The molecular formula is C14H24N2O2. The van der Waals surface area contributed by atoms with Gasteiger partial charge in [0.2, 0.25) is 0 Å². The molecule has 1 heterocycles. The van der Waals surface area contributed by atoms with E-state index >= 15 is 0 Å². The molecule has 0 spiro atoms. The first-order valence-electron chi connectivity index (χ1n) is 7.10. The number of nitriles is 1. The standard InChI is InChI=1S/C14H24N2O2/c1-14(11-15,16-12-3-4-12)7-2-8-18-13-5-9-17-10-6-13/h12-13,16H,2-10H2,1H3. The number of rotatable bonds is 7. The Hall–Kier alpha value is -0.630. The Morgan fingerprint density at radius 3 is 2.67 bits per heavy atom. The molecule has 4 heteroatoms. The average Bonchev–Trinajstić information content (AvgIpc) is 3.20. The van der Waals surface area contributed by atoms with Gasteiger partial charge in [-0.15, -0.1) is 0 Å². The zero-order chi connectivity index (χ0) is 12.8. The summed E-state index contributed by atoms with van der Waals surface area (Å²) in [5.41, 5.74) is -0.375. The summed E-state index contributed by atoms with van der Waals surface area (Å²) in [5.74, 6) is 0. The van der Waals surface area contributed by atoms with E-state index in [2.05, 4.69) is 11.4 Å². The molecule has 4 nitrogen and oxygen atoms in total. The fourth-order valence-corrected chi connectivity index (χ4v) is 2.36. The molecule has 0 bridgehead atoms. The first kappa shape index (κ1) is 13.8. The molecule has 1 saturated carbocycles. The van der Waals surface area contributed by atoms with Crippen LogP contribution in [-0.2, 0) is 9.47 Å². The quantitative estimate of drug-likeness (QED) is 0.704. The first-order valence-corrected chi connectivity index (χ1v) is 7.10. The highest BCUT2D eigenvalue weighted by atomic mass is 16.5. The van der Waals surface area contributed by atoms with Crippen molar-refractivity contribution in [3.63, 3.8) is 0 Å². The molecule has 2 fully saturated rings. The summed E-state index contributed by atoms with van der Waals surface area (Å²) in [7, 11) is 0. The van der Waals surface area contributed by atoms with Crippen molar-refractivity contribution >= 4 is 0 Å². The van der Waals surface area contributed by atoms with E-state index in [0.717, 1.165) is 45.5 Å². The summed E-state index contributed by atoms with van der Waals surface area (Å²) >= 11 is 0. The molecule has 18 heavy (non-hydrogen) atoms. The normalized spacial score (nSPS) is 24.4. The van der Waals surface area contributed by atoms with E-state index in [1.165, 1.54) is 12.8 Å². The van der Waals surface area contributed by atoms with Crippen molar-refractivity contribution in [3.8, 4) is 6.07 Å². The number of hydrogen-bond donors (Lipinski definition) is 1. The zero-order valence-corrected chi connectivity index (χ0v) is 11.3. The van der Waals surface area contributed by atoms with Crippen molar-refractivity contribution in [2.45, 2.75) is 63.1 Å². The van der Waals surface area contributed by atoms with E-state index in [1.54, 1.807) is 0 Å². The molecular weight excluding hydrogens is 228 g/mol. The van der Waals surface area contributed by atoms with Crippen molar-refractivity contribution in [1.29, 1.82) is 5.26 Å². The van der Waals surface area contributed by atoms with Crippen molar-refractivity contribution in [2.24, 2.45) is 0 Å². The molecule has 102 valence electrons. The van der Waals surface area contributed by atoms with Gasteiger partial charge in [0.15, 0.2) is 0 Å². The number of nitrogens with zero attached hydrogens (tertiary/aromatic N) is 1. The predicted octanol–water partition coefficient (Wildman–Crippen LogP) is 2.00. The average molecular weight is 252 g/mol. The molecule has 0 radical (unpaired) electrons. The van der Waals surface area contributed by atoms with Crippen LogP contribution in [0.5, 0.6) is 0 Å². The maximum atomic E-state index is 9.24. The van der Waals surface area contributed by atoms with Gasteiger partial charge in [-0.05, 0) is 45.4 Å². The molecule has 0 amide bonds. The van der Waals surface area contributed by atoms with Crippen molar-refractivity contribution in [3.05, 3.63) is 0 Å². The van der Waals surface area contributed by atoms with Crippen LogP contribution in [0.4, 0.5) is 0 Å². The lowest BCUT2D eigenvalue weighted by Gasteiger charge is -2.25. The van der Waals surface area contributed by atoms with E-state index in [4.69, 9.17) is 9.47 Å². The highest BCUT2D eigenvalue weighted by Gasteiger charge is 2.32. The van der Waals surface area contributed by atoms with Crippen LogP contribution in [0.3, 0.4) is 0 Å². The molecule has 0 aromatic rings. The smallest absolute Gasteiger partial charge is 0.104 e. The summed E-state index contributed by atoms with van der Waals surface area (Å²) in [6, 6.07) is 2.98. The first-order chi connectivity index (χ1) is 8.72. The van der Waals surface area contributed by atoms with E-state index in [1.807, 2.05) is 6.92 Å². The van der Waals surface area contributed by atoms with Gasteiger partial charge < -0.3 is 9.47 Å². The van der Waals surface area contributed by atoms with Crippen LogP contribution in [0.2, 0.25) is 0 Å². The Labute approximate surface area is 110 Å². The second kappa shape index (κ2) is 6.51. The predicted molar refractivity (Wildman–Crippen MR) is 69.2 cm³/mol. The van der Waals surface area contributed by atoms with Crippen LogP contribution in [0.25, 0.3) is 0 Å². The summed E-state index contributed by atoms with van der Waals surface area (Å²) in [6.07, 6.45) is 6.63. The second-order valence-corrected chi connectivity index (χ2v) is 5.65. The molecule has 1 unspecified atom stereocenters. The summed E-state index contributed by atoms with van der Waals surface area (Å²) in [5, 5.41) is 12.7. The Balaban J connectivity index is 1.59. The van der Waals surface area contributed by atoms with Crippen LogP contribution in [0, 0.1) is 11.3 Å². The number of ether oxygens (including phenoxy) is 2. The largest absolute Gasteiger partial charge is 0.381 e. The van der Waals surface area contributed by atoms with Crippen molar-refractivity contribution < 1.29 is 9.47 Å². The van der Waals surface area contributed by atoms with Gasteiger partial charge in [-0.1, -0.05) is 0 Å². The van der Waals surface area contributed by atoms with Gasteiger partial charge in [-0.25, -0.2) is 0 Å². The lowest BCUT2D eigenvalue weighted by atomic mass is 9.97. The number of nitrogens with one attached hydrogen (secondary N) is 1. The summed E-state index contributed by atoms with van der Waals surface area (Å²) in [6.45, 7) is 4.40. The van der Waals surface area contributed by atoms with Gasteiger partial charge in [0.25, 0.3) is 0 Å². The van der Waals surface area contributed by atoms with Gasteiger partial charge in [-0.3, -0.25) is 5.32 Å². The van der Waals surface area contributed by atoms with Gasteiger partial charge in [-0.2, -0.15) is 5.26 Å². The van der Waals surface area contributed by atoms with E-state index in [-0.39, 0.29) is 5.54 Å². The molecule has 2 aliphatic rings. The van der Waals surface area contributed by atoms with E-state index in [9.17, 15) is 5.26 Å². The maximum Gasteiger partial charge on any atom is 0.104 e. The Morgan fingerprint density at radius 1 is 1.33 bits per heavy atom. The molecule has 1 atom stereocenters. The van der Waals surface area contributed by atoms with Gasteiger partial charge >= 0.3 is 0 Å². The Bertz CT molecular complexity index is 293. The summed E-state index contributed by atoms with van der Waals surface area (Å²) in [4.78, 5) is 0. The third-order valence-electron chi connectivity index (χ3n) is 3.69. The Morgan fingerprint density at radius 2 is 2.06 bits per heavy atom. The van der Waals surface area contributed by atoms with E-state index in [0.29, 0.717) is 12.1 Å². The third kappa shape index (κ3) is 4.56. The van der Waals surface area contributed by atoms with Crippen molar-refractivity contribution in [2.75, 3.05) is 19.8 Å². The minimum Gasteiger partial charge on any atom is -0.381 e. The number of hydrogen-bond acceptors (Lipinski definition) is 4. The van der Waals surface area contributed by atoms with Crippen molar-refractivity contribution in [1.82, 2.24) is 5.32 Å². The van der Waals surface area contributed by atoms with Gasteiger partial charge in [0.05, 0.1) is 12.2 Å². The van der Waals surface area contributed by atoms with E-state index < -0.39 is 0 Å². The molecule has 1 saturated heterocycles. The fourth-order valence-electron chi connectivity index (χ4n) is 2.36. The van der Waals surface area contributed by atoms with Gasteiger partial charge in [0.1, 0.15) is 5.54 Å². The second-order valence-electron chi connectivity index (χ2n) is 5.65. The topological polar surface area (TPSA) is 54.3 Å². The fraction of sp³-hybridized carbons (Fsp3) is 0.929. The Kier molecular flexibility index (Phi) is 4.99. The van der Waals surface area contributed by atoms with Gasteiger partial charge in [0, 0.05) is 25.9 Å². The minimum atomic E-state index is -0.375.